The van der Waals surface area contributed by atoms with Crippen LogP contribution in [0.1, 0.15) is 26.2 Å². The maximum absolute atomic E-state index is 4.04. The maximum atomic E-state index is 4.04. The zero-order chi connectivity index (χ0) is 7.11. The van der Waals surface area contributed by atoms with E-state index in [0.29, 0.717) is 0 Å². The van der Waals surface area contributed by atoms with Crippen LogP contribution in [0.25, 0.3) is 0 Å². The van der Waals surface area contributed by atoms with E-state index in [2.05, 4.69) is 18.5 Å². The fourth-order valence-electron chi connectivity index (χ4n) is 0.614. The molecule has 0 aliphatic rings. The van der Waals surface area contributed by atoms with Crippen LogP contribution in [0.5, 0.6) is 0 Å². The first-order valence-corrected chi connectivity index (χ1v) is 3.34. The van der Waals surface area contributed by atoms with Crippen molar-refractivity contribution in [3.05, 3.63) is 12.7 Å². The first-order valence-electron chi connectivity index (χ1n) is 3.34. The molecule has 0 aromatic heterocycles. The fraction of sp³-hybridized carbons (Fsp3) is 0.625. The van der Waals surface area contributed by atoms with Crippen LogP contribution in [0.4, 0.5) is 0 Å². The zero-order valence-corrected chi connectivity index (χ0v) is 6.35. The Hall–Kier alpha value is -0.590. The topological polar surface area (TPSA) is 12.4 Å². The summed E-state index contributed by atoms with van der Waals surface area (Å²) in [5.74, 6) is 0. The van der Waals surface area contributed by atoms with E-state index in [9.17, 15) is 0 Å². The van der Waals surface area contributed by atoms with Crippen molar-refractivity contribution < 1.29 is 0 Å². The SMILES string of the molecule is C=CCCCC(C)=NC. The maximum Gasteiger partial charge on any atom is 0.0276 e. The molecule has 1 nitrogen and oxygen atoms in total. The van der Waals surface area contributed by atoms with Crippen LogP contribution in [0, 0.1) is 0 Å². The van der Waals surface area contributed by atoms with Gasteiger partial charge in [0.1, 0.15) is 0 Å². The predicted molar refractivity (Wildman–Crippen MR) is 43.1 cm³/mol. The van der Waals surface area contributed by atoms with Crippen molar-refractivity contribution in [1.82, 2.24) is 0 Å². The van der Waals surface area contributed by atoms with Crippen LogP contribution < -0.4 is 0 Å². The van der Waals surface area contributed by atoms with Crippen LogP contribution in [0.15, 0.2) is 17.6 Å². The van der Waals surface area contributed by atoms with E-state index >= 15 is 0 Å². The largest absolute Gasteiger partial charge is 0.298 e. The van der Waals surface area contributed by atoms with Crippen LogP contribution >= 0.6 is 0 Å². The van der Waals surface area contributed by atoms with Gasteiger partial charge in [-0.2, -0.15) is 0 Å². The molecule has 0 bridgehead atoms. The van der Waals surface area contributed by atoms with Gasteiger partial charge in [-0.1, -0.05) is 6.08 Å². The minimum Gasteiger partial charge on any atom is -0.298 e. The summed E-state index contributed by atoms with van der Waals surface area (Å²) in [6, 6.07) is 0. The number of allylic oxidation sites excluding steroid dienone is 1. The van der Waals surface area contributed by atoms with Gasteiger partial charge in [0.25, 0.3) is 0 Å². The fourth-order valence-corrected chi connectivity index (χ4v) is 0.614. The third-order valence-electron chi connectivity index (χ3n) is 1.33. The molecule has 0 unspecified atom stereocenters. The van der Waals surface area contributed by atoms with Crippen molar-refractivity contribution in [2.24, 2.45) is 4.99 Å². The monoisotopic (exact) mass is 125 g/mol. The van der Waals surface area contributed by atoms with Gasteiger partial charge in [0.2, 0.25) is 0 Å². The summed E-state index contributed by atoms with van der Waals surface area (Å²) in [7, 11) is 1.84. The van der Waals surface area contributed by atoms with E-state index in [4.69, 9.17) is 0 Å². The van der Waals surface area contributed by atoms with Gasteiger partial charge < -0.3 is 0 Å². The molecular weight excluding hydrogens is 110 g/mol. The first kappa shape index (κ1) is 8.41. The third-order valence-corrected chi connectivity index (χ3v) is 1.33. The molecule has 1 heteroatoms. The Balaban J connectivity index is 3.17. The second-order valence-electron chi connectivity index (χ2n) is 2.14. The summed E-state index contributed by atoms with van der Waals surface area (Å²) in [5, 5.41) is 0. The summed E-state index contributed by atoms with van der Waals surface area (Å²) < 4.78 is 0. The smallest absolute Gasteiger partial charge is 0.0276 e. The molecule has 0 saturated carbocycles. The molecule has 0 heterocycles. The molecule has 52 valence electrons. The average Bonchev–Trinajstić information content (AvgIpc) is 1.89. The Morgan fingerprint density at radius 2 is 2.33 bits per heavy atom. The first-order chi connectivity index (χ1) is 4.31. The summed E-state index contributed by atoms with van der Waals surface area (Å²) in [4.78, 5) is 4.04. The molecule has 0 saturated heterocycles. The van der Waals surface area contributed by atoms with Crippen molar-refractivity contribution in [3.63, 3.8) is 0 Å². The molecule has 0 radical (unpaired) electrons. The number of rotatable bonds is 4. The van der Waals surface area contributed by atoms with E-state index in [-0.39, 0.29) is 0 Å². The van der Waals surface area contributed by atoms with Crippen molar-refractivity contribution in [1.29, 1.82) is 0 Å². The molecule has 0 aliphatic carbocycles. The molecule has 0 amide bonds. The van der Waals surface area contributed by atoms with E-state index in [1.165, 1.54) is 12.1 Å². The molecule has 0 aromatic rings. The van der Waals surface area contributed by atoms with Gasteiger partial charge in [-0.05, 0) is 26.2 Å². The summed E-state index contributed by atoms with van der Waals surface area (Å²) in [5.41, 5.74) is 1.23. The van der Waals surface area contributed by atoms with Gasteiger partial charge in [0.05, 0.1) is 0 Å². The molecule has 0 fully saturated rings. The van der Waals surface area contributed by atoms with E-state index < -0.39 is 0 Å². The van der Waals surface area contributed by atoms with Crippen LogP contribution in [-0.4, -0.2) is 12.8 Å². The second kappa shape index (κ2) is 5.54. The van der Waals surface area contributed by atoms with Crippen LogP contribution in [-0.2, 0) is 0 Å². The van der Waals surface area contributed by atoms with Crippen molar-refractivity contribution >= 4 is 5.71 Å². The molecule has 9 heavy (non-hydrogen) atoms. The van der Waals surface area contributed by atoms with E-state index in [0.717, 1.165) is 12.8 Å². The van der Waals surface area contributed by atoms with Crippen molar-refractivity contribution in [3.8, 4) is 0 Å². The Labute approximate surface area is 57.5 Å². The van der Waals surface area contributed by atoms with E-state index in [1.54, 1.807) is 0 Å². The Morgan fingerprint density at radius 3 is 2.78 bits per heavy atom. The highest BCUT2D eigenvalue weighted by atomic mass is 14.7. The number of hydrogen-bond donors (Lipinski definition) is 0. The lowest BCUT2D eigenvalue weighted by Gasteiger charge is -1.94. The minimum atomic E-state index is 1.10. The number of nitrogens with zero attached hydrogens (tertiary/aromatic N) is 1. The van der Waals surface area contributed by atoms with Gasteiger partial charge >= 0.3 is 0 Å². The lowest BCUT2D eigenvalue weighted by Crippen LogP contribution is -1.88. The normalized spacial score (nSPS) is 11.6. The van der Waals surface area contributed by atoms with Crippen LogP contribution in [0.3, 0.4) is 0 Å². The molecule has 0 rings (SSSR count). The Kier molecular flexibility index (Phi) is 5.18. The van der Waals surface area contributed by atoms with Gasteiger partial charge in [-0.15, -0.1) is 6.58 Å². The summed E-state index contributed by atoms with van der Waals surface area (Å²) in [6.07, 6.45) is 5.35. The molecule has 0 spiro atoms. The van der Waals surface area contributed by atoms with Gasteiger partial charge in [0, 0.05) is 12.8 Å². The molecule has 0 aliphatic heterocycles. The number of hydrogen-bond acceptors (Lipinski definition) is 1. The lowest BCUT2D eigenvalue weighted by atomic mass is 10.2. The quantitative estimate of drug-likeness (QED) is 0.311. The summed E-state index contributed by atoms with van der Waals surface area (Å²) >= 11 is 0. The molecule has 0 atom stereocenters. The molecule has 0 aromatic carbocycles. The highest BCUT2D eigenvalue weighted by Crippen LogP contribution is 1.96. The zero-order valence-electron chi connectivity index (χ0n) is 6.35. The number of aliphatic imine (C=N–C) groups is 1. The van der Waals surface area contributed by atoms with Gasteiger partial charge in [0.15, 0.2) is 0 Å². The Morgan fingerprint density at radius 1 is 1.67 bits per heavy atom. The minimum absolute atomic E-state index is 1.10. The number of unbranched alkanes of at least 4 members (excludes halogenated alkanes) is 1. The average molecular weight is 125 g/mol. The summed E-state index contributed by atoms with van der Waals surface area (Å²) in [6.45, 7) is 5.70. The van der Waals surface area contributed by atoms with Crippen molar-refractivity contribution in [2.75, 3.05) is 7.05 Å². The second-order valence-corrected chi connectivity index (χ2v) is 2.14. The van der Waals surface area contributed by atoms with Crippen molar-refractivity contribution in [2.45, 2.75) is 26.2 Å². The Bertz CT molecular complexity index is 103. The standard InChI is InChI=1S/C8H15N/c1-4-5-6-7-8(2)9-3/h4H,1,5-7H2,2-3H3. The predicted octanol–water partition coefficient (Wildman–Crippen LogP) is 2.43. The molecule has 0 N–H and O–H groups in total. The third kappa shape index (κ3) is 5.28. The van der Waals surface area contributed by atoms with Gasteiger partial charge in [-0.25, -0.2) is 0 Å². The van der Waals surface area contributed by atoms with E-state index in [1.807, 2.05) is 13.1 Å². The highest BCUT2D eigenvalue weighted by Gasteiger charge is 1.86. The van der Waals surface area contributed by atoms with Gasteiger partial charge in [-0.3, -0.25) is 4.99 Å². The molecular formula is C8H15N. The highest BCUT2D eigenvalue weighted by molar-refractivity contribution is 5.81. The lowest BCUT2D eigenvalue weighted by molar-refractivity contribution is 0.891. The van der Waals surface area contributed by atoms with Crippen LogP contribution in [0.2, 0.25) is 0 Å².